The number of methoxy groups -OCH3 is 1. The highest BCUT2D eigenvalue weighted by Crippen LogP contribution is 2.21. The molecule has 0 aliphatic heterocycles. The smallest absolute Gasteiger partial charge is 0.326 e. The molecule has 1 rings (SSSR count). The highest BCUT2D eigenvalue weighted by atomic mass is 19.1. The van der Waals surface area contributed by atoms with Crippen molar-refractivity contribution in [2.75, 3.05) is 7.11 Å². The van der Waals surface area contributed by atoms with Crippen LogP contribution in [-0.4, -0.2) is 30.1 Å². The lowest BCUT2D eigenvalue weighted by atomic mass is 9.99. The van der Waals surface area contributed by atoms with E-state index >= 15 is 0 Å². The lowest BCUT2D eigenvalue weighted by Crippen LogP contribution is -2.45. The molecule has 0 bridgehead atoms. The minimum atomic E-state index is -1.15. The number of rotatable bonds is 6. The molecule has 20 heavy (non-hydrogen) atoms. The Morgan fingerprint density at radius 3 is 2.60 bits per heavy atom. The number of nitrogens with one attached hydrogen (secondary N) is 1. The third kappa shape index (κ3) is 3.46. The molecule has 1 amide bonds. The number of carbonyl (C=O) groups excluding carboxylic acids is 1. The summed E-state index contributed by atoms with van der Waals surface area (Å²) in [6, 6.07) is 2.90. The first-order valence-corrected chi connectivity index (χ1v) is 6.28. The lowest BCUT2D eigenvalue weighted by Gasteiger charge is -2.20. The molecule has 110 valence electrons. The largest absolute Gasteiger partial charge is 0.496 e. The molecule has 0 radical (unpaired) electrons. The van der Waals surface area contributed by atoms with Crippen molar-refractivity contribution >= 4 is 11.9 Å². The van der Waals surface area contributed by atoms with Crippen molar-refractivity contribution in [3.8, 4) is 5.75 Å². The third-order valence-electron chi connectivity index (χ3n) is 3.19. The first kappa shape index (κ1) is 15.9. The van der Waals surface area contributed by atoms with Crippen molar-refractivity contribution in [1.82, 2.24) is 5.32 Å². The Morgan fingerprint density at radius 1 is 1.45 bits per heavy atom. The predicted molar refractivity (Wildman–Crippen MR) is 71.3 cm³/mol. The Morgan fingerprint density at radius 2 is 2.10 bits per heavy atom. The molecule has 2 unspecified atom stereocenters. The fraction of sp³-hybridized carbons (Fsp3) is 0.429. The average Bonchev–Trinajstić information content (AvgIpc) is 2.42. The van der Waals surface area contributed by atoms with Crippen molar-refractivity contribution in [2.45, 2.75) is 26.3 Å². The molecule has 0 fully saturated rings. The Kier molecular flexibility index (Phi) is 5.49. The zero-order valence-electron chi connectivity index (χ0n) is 11.6. The van der Waals surface area contributed by atoms with Gasteiger partial charge in [-0.1, -0.05) is 26.3 Å². The molecular formula is C14H18FNO4. The minimum Gasteiger partial charge on any atom is -0.496 e. The summed E-state index contributed by atoms with van der Waals surface area (Å²) < 4.78 is 18.7. The van der Waals surface area contributed by atoms with Gasteiger partial charge < -0.3 is 15.2 Å². The molecule has 2 atom stereocenters. The first-order valence-electron chi connectivity index (χ1n) is 6.28. The number of hydrogen-bond donors (Lipinski definition) is 2. The van der Waals surface area contributed by atoms with E-state index in [-0.39, 0.29) is 17.2 Å². The van der Waals surface area contributed by atoms with E-state index in [1.165, 1.54) is 19.2 Å². The molecule has 0 spiro atoms. The maximum atomic E-state index is 13.7. The van der Waals surface area contributed by atoms with Gasteiger partial charge in [0.25, 0.3) is 5.91 Å². The maximum absolute atomic E-state index is 13.7. The molecule has 1 aromatic rings. The van der Waals surface area contributed by atoms with Gasteiger partial charge in [0.15, 0.2) is 0 Å². The summed E-state index contributed by atoms with van der Waals surface area (Å²) in [6.45, 7) is 3.52. The second kappa shape index (κ2) is 6.88. The molecule has 0 aromatic heterocycles. The summed E-state index contributed by atoms with van der Waals surface area (Å²) >= 11 is 0. The fourth-order valence-corrected chi connectivity index (χ4v) is 1.79. The van der Waals surface area contributed by atoms with Gasteiger partial charge in [0.1, 0.15) is 23.2 Å². The quantitative estimate of drug-likeness (QED) is 0.838. The number of carbonyl (C=O) groups is 2. The second-order valence-corrected chi connectivity index (χ2v) is 4.49. The van der Waals surface area contributed by atoms with Crippen LogP contribution in [0.2, 0.25) is 0 Å². The summed E-state index contributed by atoms with van der Waals surface area (Å²) in [5, 5.41) is 11.5. The summed E-state index contributed by atoms with van der Waals surface area (Å²) in [7, 11) is 1.31. The molecule has 0 aliphatic carbocycles. The zero-order valence-corrected chi connectivity index (χ0v) is 11.6. The third-order valence-corrected chi connectivity index (χ3v) is 3.19. The highest BCUT2D eigenvalue weighted by molar-refractivity contribution is 5.99. The predicted octanol–water partition coefficient (Wildman–Crippen LogP) is 2.06. The number of amides is 1. The minimum absolute atomic E-state index is 0.0655. The molecule has 1 aromatic carbocycles. The Labute approximate surface area is 116 Å². The van der Waals surface area contributed by atoms with Crippen LogP contribution < -0.4 is 10.1 Å². The van der Waals surface area contributed by atoms with Crippen LogP contribution in [0, 0.1) is 11.7 Å². The van der Waals surface area contributed by atoms with E-state index < -0.39 is 23.7 Å². The topological polar surface area (TPSA) is 75.6 Å². The number of ether oxygens (including phenoxy) is 1. The van der Waals surface area contributed by atoms with Crippen LogP contribution in [0.15, 0.2) is 18.2 Å². The van der Waals surface area contributed by atoms with Crippen molar-refractivity contribution in [3.05, 3.63) is 29.6 Å². The van der Waals surface area contributed by atoms with E-state index in [1.807, 2.05) is 6.92 Å². The molecule has 0 aliphatic rings. The molecule has 0 saturated heterocycles. The van der Waals surface area contributed by atoms with E-state index in [0.717, 1.165) is 6.07 Å². The van der Waals surface area contributed by atoms with Gasteiger partial charge in [-0.15, -0.1) is 0 Å². The maximum Gasteiger partial charge on any atom is 0.326 e. The molecular weight excluding hydrogens is 265 g/mol. The lowest BCUT2D eigenvalue weighted by molar-refractivity contribution is -0.140. The van der Waals surface area contributed by atoms with Gasteiger partial charge in [-0.2, -0.15) is 0 Å². The van der Waals surface area contributed by atoms with Crippen LogP contribution in [0.1, 0.15) is 30.6 Å². The van der Waals surface area contributed by atoms with Gasteiger partial charge in [-0.25, -0.2) is 9.18 Å². The van der Waals surface area contributed by atoms with E-state index in [2.05, 4.69) is 5.32 Å². The number of carboxylic acid groups (broad SMARTS) is 1. The summed E-state index contributed by atoms with van der Waals surface area (Å²) in [5.41, 5.74) is -0.287. The Balaban J connectivity index is 3.04. The Hall–Kier alpha value is -2.11. The molecule has 2 N–H and O–H groups in total. The first-order chi connectivity index (χ1) is 9.42. The SMILES string of the molecule is CCC(C)C(NC(=O)c1c(F)cccc1OC)C(=O)O. The van der Waals surface area contributed by atoms with Crippen molar-refractivity contribution in [3.63, 3.8) is 0 Å². The standard InChI is InChI=1S/C14H18FNO4/c1-4-8(2)12(14(18)19)16-13(17)11-9(15)6-5-7-10(11)20-3/h5-8,12H,4H2,1-3H3,(H,16,17)(H,18,19). The van der Waals surface area contributed by atoms with Gasteiger partial charge in [-0.05, 0) is 18.1 Å². The summed E-state index contributed by atoms with van der Waals surface area (Å²) in [6.07, 6.45) is 0.575. The van der Waals surface area contributed by atoms with Crippen LogP contribution >= 0.6 is 0 Å². The van der Waals surface area contributed by atoms with Crippen LogP contribution in [0.25, 0.3) is 0 Å². The Bertz CT molecular complexity index is 504. The van der Waals surface area contributed by atoms with Gasteiger partial charge in [0, 0.05) is 0 Å². The van der Waals surface area contributed by atoms with E-state index in [9.17, 15) is 14.0 Å². The van der Waals surface area contributed by atoms with E-state index in [0.29, 0.717) is 6.42 Å². The van der Waals surface area contributed by atoms with Crippen molar-refractivity contribution < 1.29 is 23.8 Å². The molecule has 6 heteroatoms. The number of aliphatic carboxylic acids is 1. The van der Waals surface area contributed by atoms with E-state index in [4.69, 9.17) is 9.84 Å². The van der Waals surface area contributed by atoms with Crippen LogP contribution in [0.4, 0.5) is 4.39 Å². The normalized spacial score (nSPS) is 13.4. The molecule has 0 saturated carbocycles. The monoisotopic (exact) mass is 283 g/mol. The van der Waals surface area contributed by atoms with Gasteiger partial charge in [0.2, 0.25) is 0 Å². The van der Waals surface area contributed by atoms with Crippen LogP contribution in [0.3, 0.4) is 0 Å². The fourth-order valence-electron chi connectivity index (χ4n) is 1.79. The van der Waals surface area contributed by atoms with Gasteiger partial charge in [-0.3, -0.25) is 4.79 Å². The highest BCUT2D eigenvalue weighted by Gasteiger charge is 2.28. The molecule has 5 nitrogen and oxygen atoms in total. The molecule has 0 heterocycles. The summed E-state index contributed by atoms with van der Waals surface area (Å²) in [5.74, 6) is -2.91. The van der Waals surface area contributed by atoms with Gasteiger partial charge in [0.05, 0.1) is 7.11 Å². The van der Waals surface area contributed by atoms with Crippen LogP contribution in [-0.2, 0) is 4.79 Å². The van der Waals surface area contributed by atoms with Crippen molar-refractivity contribution in [1.29, 1.82) is 0 Å². The summed E-state index contributed by atoms with van der Waals surface area (Å²) in [4.78, 5) is 23.3. The van der Waals surface area contributed by atoms with Gasteiger partial charge >= 0.3 is 5.97 Å². The second-order valence-electron chi connectivity index (χ2n) is 4.49. The number of carboxylic acids is 1. The average molecular weight is 283 g/mol. The van der Waals surface area contributed by atoms with Crippen molar-refractivity contribution in [2.24, 2.45) is 5.92 Å². The zero-order chi connectivity index (χ0) is 15.3. The number of benzene rings is 1. The number of halogens is 1. The van der Waals surface area contributed by atoms with Crippen LogP contribution in [0.5, 0.6) is 5.75 Å². The van der Waals surface area contributed by atoms with E-state index in [1.54, 1.807) is 6.92 Å². The number of hydrogen-bond acceptors (Lipinski definition) is 3.